The van der Waals surface area contributed by atoms with E-state index in [-0.39, 0.29) is 0 Å². The Bertz CT molecular complexity index is 1560. The number of fused-ring (bicyclic) bond motifs is 2. The summed E-state index contributed by atoms with van der Waals surface area (Å²) in [6, 6.07) is 35.6. The molecule has 0 fully saturated rings. The van der Waals surface area contributed by atoms with Crippen molar-refractivity contribution in [2.45, 2.75) is 6.17 Å². The van der Waals surface area contributed by atoms with Crippen LogP contribution in [0.3, 0.4) is 0 Å². The first-order valence-corrected chi connectivity index (χ1v) is 11.6. The summed E-state index contributed by atoms with van der Waals surface area (Å²) in [5, 5.41) is 3.14. The number of hydrogen-bond acceptors (Lipinski definition) is 3. The van der Waals surface area contributed by atoms with Gasteiger partial charge in [0, 0.05) is 15.6 Å². The molecule has 0 aliphatic carbocycles. The zero-order valence-corrected chi connectivity index (χ0v) is 18.5. The lowest BCUT2D eigenvalue weighted by Crippen LogP contribution is -2.02. The average Bonchev–Trinajstić information content (AvgIpc) is 3.33. The van der Waals surface area contributed by atoms with Gasteiger partial charge >= 0.3 is 0 Å². The number of rotatable bonds is 4. The van der Waals surface area contributed by atoms with Crippen molar-refractivity contribution < 1.29 is 4.39 Å². The summed E-state index contributed by atoms with van der Waals surface area (Å²) < 4.78 is 17.1. The van der Waals surface area contributed by atoms with Crippen molar-refractivity contribution in [3.8, 4) is 21.8 Å². The molecular weight excluding hydrogens is 427 g/mol. The molecule has 0 spiro atoms. The van der Waals surface area contributed by atoms with Crippen LogP contribution in [0.1, 0.15) is 17.6 Å². The van der Waals surface area contributed by atoms with Crippen LogP contribution >= 0.6 is 11.3 Å². The molecule has 3 aromatic carbocycles. The SMILES string of the molecule is FC(c1cccc(-c2cc3ccccc3s2)n1)c1cc2ccccc2c(-c2ccccc2)n1. The molecule has 33 heavy (non-hydrogen) atoms. The molecule has 0 amide bonds. The van der Waals surface area contributed by atoms with Gasteiger partial charge in [-0.15, -0.1) is 11.3 Å². The highest BCUT2D eigenvalue weighted by Gasteiger charge is 2.20. The quantitative estimate of drug-likeness (QED) is 0.272. The highest BCUT2D eigenvalue weighted by atomic mass is 32.1. The molecule has 6 aromatic rings. The molecule has 0 aliphatic heterocycles. The van der Waals surface area contributed by atoms with Crippen LogP contribution in [0, 0.1) is 0 Å². The number of alkyl halides is 1. The third-order valence-corrected chi connectivity index (χ3v) is 6.91. The standard InChI is InChI=1S/C29H19FN2S/c30-28(24-15-8-14-23(31-24)27-18-21-12-5-7-16-26(21)33-27)25-17-20-11-4-6-13-22(20)29(32-25)19-9-2-1-3-10-19/h1-18,28H. The van der Waals surface area contributed by atoms with Gasteiger partial charge in [0.05, 0.1) is 27.7 Å². The molecule has 1 unspecified atom stereocenters. The number of thiophene rings is 1. The fourth-order valence-corrected chi connectivity index (χ4v) is 5.19. The van der Waals surface area contributed by atoms with Crippen LogP contribution < -0.4 is 0 Å². The Kier molecular flexibility index (Phi) is 4.93. The second-order valence-electron chi connectivity index (χ2n) is 7.94. The second kappa shape index (κ2) is 8.23. The lowest BCUT2D eigenvalue weighted by molar-refractivity contribution is 0.386. The Morgan fingerprint density at radius 3 is 2.24 bits per heavy atom. The van der Waals surface area contributed by atoms with Gasteiger partial charge < -0.3 is 0 Å². The van der Waals surface area contributed by atoms with Gasteiger partial charge in [-0.1, -0.05) is 78.9 Å². The van der Waals surface area contributed by atoms with E-state index < -0.39 is 6.17 Å². The number of pyridine rings is 2. The van der Waals surface area contributed by atoms with Gasteiger partial charge in [0.1, 0.15) is 0 Å². The molecule has 3 heterocycles. The fourth-order valence-electron chi connectivity index (χ4n) is 4.15. The summed E-state index contributed by atoms with van der Waals surface area (Å²) in [6.45, 7) is 0. The van der Waals surface area contributed by atoms with Crippen molar-refractivity contribution in [3.63, 3.8) is 0 Å². The van der Waals surface area contributed by atoms with Crippen LogP contribution in [0.5, 0.6) is 0 Å². The zero-order chi connectivity index (χ0) is 22.2. The van der Waals surface area contributed by atoms with Crippen molar-refractivity contribution in [2.75, 3.05) is 0 Å². The van der Waals surface area contributed by atoms with Crippen molar-refractivity contribution in [1.82, 2.24) is 9.97 Å². The largest absolute Gasteiger partial charge is 0.249 e. The van der Waals surface area contributed by atoms with Crippen LogP contribution in [0.4, 0.5) is 4.39 Å². The molecule has 0 bridgehead atoms. The predicted octanol–water partition coefficient (Wildman–Crippen LogP) is 8.24. The van der Waals surface area contributed by atoms with Gasteiger partial charge in [0.2, 0.25) is 0 Å². The summed E-state index contributed by atoms with van der Waals surface area (Å²) in [7, 11) is 0. The maximum Gasteiger partial charge on any atom is 0.184 e. The number of halogens is 1. The maximum atomic E-state index is 15.9. The highest BCUT2D eigenvalue weighted by molar-refractivity contribution is 7.22. The van der Waals surface area contributed by atoms with Gasteiger partial charge in [0.15, 0.2) is 6.17 Å². The van der Waals surface area contributed by atoms with E-state index in [2.05, 4.69) is 18.2 Å². The topological polar surface area (TPSA) is 25.8 Å². The van der Waals surface area contributed by atoms with Gasteiger partial charge in [-0.25, -0.2) is 14.4 Å². The molecule has 158 valence electrons. The minimum absolute atomic E-state index is 0.367. The average molecular weight is 447 g/mol. The molecular formula is C29H19FN2S. The third-order valence-electron chi connectivity index (χ3n) is 5.78. The van der Waals surface area contributed by atoms with Crippen molar-refractivity contribution >= 4 is 32.2 Å². The molecule has 1 atom stereocenters. The zero-order valence-electron chi connectivity index (χ0n) is 17.7. The van der Waals surface area contributed by atoms with Crippen molar-refractivity contribution in [1.29, 1.82) is 0 Å². The first kappa shape index (κ1) is 19.8. The number of benzene rings is 3. The third kappa shape index (κ3) is 3.69. The minimum Gasteiger partial charge on any atom is -0.249 e. The van der Waals surface area contributed by atoms with Crippen LogP contribution in [-0.2, 0) is 0 Å². The smallest absolute Gasteiger partial charge is 0.184 e. The van der Waals surface area contributed by atoms with Crippen LogP contribution in [0.25, 0.3) is 42.7 Å². The molecule has 2 nitrogen and oxygen atoms in total. The first-order valence-electron chi connectivity index (χ1n) is 10.8. The Labute approximate surface area is 195 Å². The lowest BCUT2D eigenvalue weighted by atomic mass is 10.0. The lowest BCUT2D eigenvalue weighted by Gasteiger charge is -2.13. The highest BCUT2D eigenvalue weighted by Crippen LogP contribution is 2.35. The van der Waals surface area contributed by atoms with E-state index in [1.807, 2.05) is 84.9 Å². The molecule has 0 radical (unpaired) electrons. The van der Waals surface area contributed by atoms with E-state index in [0.29, 0.717) is 11.4 Å². The summed E-state index contributed by atoms with van der Waals surface area (Å²) in [5.41, 5.74) is 3.27. The van der Waals surface area contributed by atoms with E-state index in [4.69, 9.17) is 9.97 Å². The van der Waals surface area contributed by atoms with Crippen LogP contribution in [0.15, 0.2) is 109 Å². The molecule has 0 N–H and O–H groups in total. The van der Waals surface area contributed by atoms with E-state index in [1.165, 1.54) is 10.1 Å². The normalized spacial score (nSPS) is 12.3. The maximum absolute atomic E-state index is 15.9. The summed E-state index contributed by atoms with van der Waals surface area (Å²) >= 11 is 1.67. The minimum atomic E-state index is -1.42. The fraction of sp³-hybridized carbons (Fsp3) is 0.0345. The Balaban J connectivity index is 1.44. The number of aromatic nitrogens is 2. The number of hydrogen-bond donors (Lipinski definition) is 0. The van der Waals surface area contributed by atoms with Gasteiger partial charge in [-0.05, 0) is 41.1 Å². The Hall–Kier alpha value is -3.89. The summed E-state index contributed by atoms with van der Waals surface area (Å²) in [6.07, 6.45) is -1.42. The monoisotopic (exact) mass is 446 g/mol. The summed E-state index contributed by atoms with van der Waals surface area (Å²) in [4.78, 5) is 10.5. The summed E-state index contributed by atoms with van der Waals surface area (Å²) in [5.74, 6) is 0. The first-order chi connectivity index (χ1) is 16.3. The van der Waals surface area contributed by atoms with E-state index >= 15 is 4.39 Å². The van der Waals surface area contributed by atoms with Crippen molar-refractivity contribution in [3.05, 3.63) is 121 Å². The van der Waals surface area contributed by atoms with Gasteiger partial charge in [0.25, 0.3) is 0 Å². The molecule has 0 aliphatic rings. The predicted molar refractivity (Wildman–Crippen MR) is 135 cm³/mol. The van der Waals surface area contributed by atoms with Crippen molar-refractivity contribution in [2.24, 2.45) is 0 Å². The second-order valence-corrected chi connectivity index (χ2v) is 9.03. The van der Waals surface area contributed by atoms with E-state index in [1.54, 1.807) is 17.4 Å². The Morgan fingerprint density at radius 2 is 1.39 bits per heavy atom. The Morgan fingerprint density at radius 1 is 0.636 bits per heavy atom. The van der Waals surface area contributed by atoms with Crippen LogP contribution in [-0.4, -0.2) is 9.97 Å². The molecule has 6 rings (SSSR count). The van der Waals surface area contributed by atoms with Crippen LogP contribution in [0.2, 0.25) is 0 Å². The molecule has 0 saturated heterocycles. The number of nitrogens with zero attached hydrogens (tertiary/aromatic N) is 2. The molecule has 0 saturated carbocycles. The molecule has 4 heteroatoms. The van der Waals surface area contributed by atoms with Gasteiger partial charge in [-0.3, -0.25) is 0 Å². The van der Waals surface area contributed by atoms with E-state index in [0.717, 1.165) is 32.6 Å². The van der Waals surface area contributed by atoms with Gasteiger partial charge in [-0.2, -0.15) is 0 Å². The molecule has 3 aromatic heterocycles. The van der Waals surface area contributed by atoms with E-state index in [9.17, 15) is 0 Å².